The van der Waals surface area contributed by atoms with Gasteiger partial charge < -0.3 is 9.80 Å². The van der Waals surface area contributed by atoms with Crippen LogP contribution in [0.5, 0.6) is 0 Å². The number of rotatable bonds is 5. The quantitative estimate of drug-likeness (QED) is 0.178. The van der Waals surface area contributed by atoms with Crippen molar-refractivity contribution >= 4 is 71.5 Å². The van der Waals surface area contributed by atoms with Crippen LogP contribution in [0, 0.1) is 0 Å². The zero-order valence-corrected chi connectivity index (χ0v) is 26.5. The third-order valence-corrected chi connectivity index (χ3v) is 10.3. The monoisotopic (exact) mass is 612 g/mol. The van der Waals surface area contributed by atoms with Crippen molar-refractivity contribution in [2.24, 2.45) is 0 Å². The molecule has 0 unspecified atom stereocenters. The van der Waals surface area contributed by atoms with Crippen molar-refractivity contribution in [3.63, 3.8) is 0 Å². The van der Waals surface area contributed by atoms with E-state index in [1.165, 1.54) is 76.8 Å². The predicted molar refractivity (Wildman–Crippen MR) is 205 cm³/mol. The normalized spacial score (nSPS) is 12.8. The van der Waals surface area contributed by atoms with Crippen LogP contribution in [0.3, 0.4) is 0 Å². The van der Waals surface area contributed by atoms with Crippen molar-refractivity contribution < 1.29 is 0 Å². The van der Waals surface area contributed by atoms with Gasteiger partial charge in [-0.15, -0.1) is 0 Å². The van der Waals surface area contributed by atoms with Crippen LogP contribution >= 0.6 is 0 Å². The van der Waals surface area contributed by atoms with Gasteiger partial charge in [-0.1, -0.05) is 127 Å². The number of anilines is 5. The summed E-state index contributed by atoms with van der Waals surface area (Å²) in [6.07, 6.45) is 1.08. The fourth-order valence-electron chi connectivity index (χ4n) is 8.14. The Morgan fingerprint density at radius 2 is 0.958 bits per heavy atom. The number of hydrogen-bond donors (Lipinski definition) is 0. The van der Waals surface area contributed by atoms with E-state index in [0.29, 0.717) is 0 Å². The first kappa shape index (κ1) is 27.0. The molecule has 226 valence electrons. The Labute approximate surface area is 280 Å². The molecule has 2 heteroatoms. The van der Waals surface area contributed by atoms with E-state index in [2.05, 4.69) is 180 Å². The third kappa shape index (κ3) is 4.06. The highest BCUT2D eigenvalue weighted by Crippen LogP contribution is 2.47. The van der Waals surface area contributed by atoms with Gasteiger partial charge in [0.05, 0.1) is 5.69 Å². The Morgan fingerprint density at radius 3 is 1.73 bits per heavy atom. The largest absolute Gasteiger partial charge is 0.340 e. The lowest BCUT2D eigenvalue weighted by Gasteiger charge is -2.27. The summed E-state index contributed by atoms with van der Waals surface area (Å²) in [5, 5.41) is 10.4. The molecule has 0 fully saturated rings. The number of fused-ring (bicyclic) bond motifs is 2. The molecule has 48 heavy (non-hydrogen) atoms. The van der Waals surface area contributed by atoms with Gasteiger partial charge in [-0.3, -0.25) is 0 Å². The van der Waals surface area contributed by atoms with Gasteiger partial charge in [-0.25, -0.2) is 0 Å². The summed E-state index contributed by atoms with van der Waals surface area (Å²) < 4.78 is 0. The van der Waals surface area contributed by atoms with Gasteiger partial charge in [0.1, 0.15) is 0 Å². The summed E-state index contributed by atoms with van der Waals surface area (Å²) in [7, 11) is 0. The number of hydrogen-bond acceptors (Lipinski definition) is 2. The van der Waals surface area contributed by atoms with E-state index in [1.807, 2.05) is 0 Å². The van der Waals surface area contributed by atoms with Crippen LogP contribution in [0.25, 0.3) is 54.2 Å². The van der Waals surface area contributed by atoms with Gasteiger partial charge in [-0.05, 0) is 97.9 Å². The van der Waals surface area contributed by atoms with Crippen molar-refractivity contribution in [3.05, 3.63) is 175 Å². The molecule has 0 aliphatic carbocycles. The topological polar surface area (TPSA) is 6.48 Å². The first-order valence-corrected chi connectivity index (χ1v) is 16.8. The Hall–Kier alpha value is -6.12. The molecule has 0 N–H and O–H groups in total. The minimum absolute atomic E-state index is 1.01. The number of nitrogens with zero attached hydrogens (tertiary/aromatic N) is 2. The molecule has 1 aliphatic rings. The highest BCUT2D eigenvalue weighted by molar-refractivity contribution is 6.28. The van der Waals surface area contributed by atoms with E-state index >= 15 is 0 Å². The maximum Gasteiger partial charge on any atom is 0.0540 e. The summed E-state index contributed by atoms with van der Waals surface area (Å²) >= 11 is 0. The zero-order valence-electron chi connectivity index (χ0n) is 26.5. The molecule has 0 atom stereocenters. The molecule has 9 aromatic carbocycles. The van der Waals surface area contributed by atoms with E-state index in [1.54, 1.807) is 0 Å². The van der Waals surface area contributed by atoms with Crippen molar-refractivity contribution in [3.8, 4) is 11.1 Å². The summed E-state index contributed by atoms with van der Waals surface area (Å²) in [6.45, 7) is 1.01. The van der Waals surface area contributed by atoms with Crippen LogP contribution in [0.4, 0.5) is 28.4 Å². The van der Waals surface area contributed by atoms with E-state index in [9.17, 15) is 0 Å². The van der Waals surface area contributed by atoms with E-state index in [0.717, 1.165) is 24.3 Å². The predicted octanol–water partition coefficient (Wildman–Crippen LogP) is 12.6. The second kappa shape index (κ2) is 10.7. The average molecular weight is 613 g/mol. The Bertz CT molecular complexity index is 2580. The SMILES string of the molecule is c1ccc(N(c2ccccc2)c2ccc(-c3ccc4ccc5c(N6CCc7ccccc76)ccc6ccc3c4c65)c3ccccc23)cc1. The van der Waals surface area contributed by atoms with Gasteiger partial charge in [0, 0.05) is 40.1 Å². The van der Waals surface area contributed by atoms with Gasteiger partial charge in [-0.2, -0.15) is 0 Å². The van der Waals surface area contributed by atoms with Crippen LogP contribution in [0.1, 0.15) is 5.56 Å². The van der Waals surface area contributed by atoms with E-state index in [-0.39, 0.29) is 0 Å². The zero-order chi connectivity index (χ0) is 31.6. The summed E-state index contributed by atoms with van der Waals surface area (Å²) in [4.78, 5) is 4.88. The lowest BCUT2D eigenvalue weighted by Crippen LogP contribution is -2.13. The fraction of sp³-hybridized carbons (Fsp3) is 0.0435. The second-order valence-corrected chi connectivity index (χ2v) is 12.8. The molecule has 0 saturated heterocycles. The van der Waals surface area contributed by atoms with Crippen LogP contribution in [-0.4, -0.2) is 6.54 Å². The molecule has 0 saturated carbocycles. The molecule has 0 bridgehead atoms. The lowest BCUT2D eigenvalue weighted by atomic mass is 9.87. The number of para-hydroxylation sites is 3. The van der Waals surface area contributed by atoms with Gasteiger partial charge in [0.15, 0.2) is 0 Å². The Kier molecular flexibility index (Phi) is 6.04. The maximum atomic E-state index is 2.51. The Balaban J connectivity index is 1.19. The molecule has 1 heterocycles. The molecule has 0 amide bonds. The summed E-state index contributed by atoms with van der Waals surface area (Å²) in [6, 6.07) is 62.3. The van der Waals surface area contributed by atoms with E-state index < -0.39 is 0 Å². The minimum Gasteiger partial charge on any atom is -0.340 e. The van der Waals surface area contributed by atoms with Gasteiger partial charge >= 0.3 is 0 Å². The lowest BCUT2D eigenvalue weighted by molar-refractivity contribution is 1.00. The standard InChI is InChI=1S/C46H32N2/c1-3-12-34(13-4-1)48(35-14-5-2-6-15-35)44-28-26-37(36-16-8-9-17-39(36)44)38-23-19-32-21-25-41-43(47-30-29-31-11-7-10-18-42(31)47)27-22-33-20-24-40(38)45(32)46(33)41/h1-28H,29-30H2. The molecule has 9 aromatic rings. The highest BCUT2D eigenvalue weighted by Gasteiger charge is 2.24. The number of benzene rings is 9. The maximum absolute atomic E-state index is 2.51. The van der Waals surface area contributed by atoms with Crippen molar-refractivity contribution in [1.82, 2.24) is 0 Å². The second-order valence-electron chi connectivity index (χ2n) is 12.8. The molecule has 0 spiro atoms. The molecule has 0 aromatic heterocycles. The average Bonchev–Trinajstić information content (AvgIpc) is 3.59. The third-order valence-electron chi connectivity index (χ3n) is 10.3. The molecular formula is C46H32N2. The van der Waals surface area contributed by atoms with Crippen molar-refractivity contribution in [1.29, 1.82) is 0 Å². The van der Waals surface area contributed by atoms with Crippen molar-refractivity contribution in [2.75, 3.05) is 16.3 Å². The Morgan fingerprint density at radius 1 is 0.396 bits per heavy atom. The van der Waals surface area contributed by atoms with Gasteiger partial charge in [0.2, 0.25) is 0 Å². The smallest absolute Gasteiger partial charge is 0.0540 e. The summed E-state index contributed by atoms with van der Waals surface area (Å²) in [5.74, 6) is 0. The molecule has 0 radical (unpaired) electrons. The molecule has 1 aliphatic heterocycles. The van der Waals surface area contributed by atoms with Gasteiger partial charge in [0.25, 0.3) is 0 Å². The molecular weight excluding hydrogens is 581 g/mol. The fourth-order valence-corrected chi connectivity index (χ4v) is 8.14. The minimum atomic E-state index is 1.01. The highest BCUT2D eigenvalue weighted by atomic mass is 15.2. The first-order chi connectivity index (χ1) is 23.8. The van der Waals surface area contributed by atoms with Crippen LogP contribution in [0.2, 0.25) is 0 Å². The van der Waals surface area contributed by atoms with Crippen molar-refractivity contribution in [2.45, 2.75) is 6.42 Å². The van der Waals surface area contributed by atoms with Crippen LogP contribution in [-0.2, 0) is 6.42 Å². The molecule has 2 nitrogen and oxygen atoms in total. The van der Waals surface area contributed by atoms with Crippen LogP contribution < -0.4 is 9.80 Å². The summed E-state index contributed by atoms with van der Waals surface area (Å²) in [5.41, 5.74) is 10.0. The van der Waals surface area contributed by atoms with E-state index in [4.69, 9.17) is 0 Å². The first-order valence-electron chi connectivity index (χ1n) is 16.8. The van der Waals surface area contributed by atoms with Crippen LogP contribution in [0.15, 0.2) is 170 Å². The molecule has 10 rings (SSSR count).